The van der Waals surface area contributed by atoms with E-state index in [-0.39, 0.29) is 23.2 Å². The third kappa shape index (κ3) is 4.06. The molecule has 0 saturated heterocycles. The van der Waals surface area contributed by atoms with Gasteiger partial charge in [-0.05, 0) is 30.3 Å². The lowest BCUT2D eigenvalue weighted by Crippen LogP contribution is -2.27. The highest BCUT2D eigenvalue weighted by Crippen LogP contribution is 2.34. The lowest BCUT2D eigenvalue weighted by molar-refractivity contribution is 0.0937. The van der Waals surface area contributed by atoms with Crippen LogP contribution in [0.5, 0.6) is 11.5 Å². The number of hydrogen-bond donors (Lipinski definition) is 2. The summed E-state index contributed by atoms with van der Waals surface area (Å²) >= 11 is 0. The first-order valence-electron chi connectivity index (χ1n) is 7.79. The summed E-state index contributed by atoms with van der Waals surface area (Å²) in [4.78, 5) is 12.1. The molecule has 9 heteroatoms. The number of fused-ring (bicyclic) bond motifs is 1. The van der Waals surface area contributed by atoms with E-state index in [1.54, 1.807) is 24.3 Å². The molecule has 0 fully saturated rings. The average Bonchev–Trinajstić information content (AvgIpc) is 3.09. The standard InChI is InChI=1S/C17H18N2O6S/c1-23-8-7-18-17(20)12-3-2-4-14(9-12)26(21,22)19-13-5-6-15-16(10-13)25-11-24-15/h2-6,9-10,19H,7-8,11H2,1H3,(H,18,20). The van der Waals surface area contributed by atoms with Crippen LogP contribution in [0.4, 0.5) is 5.69 Å². The van der Waals surface area contributed by atoms with Crippen molar-refractivity contribution in [2.75, 3.05) is 31.8 Å². The lowest BCUT2D eigenvalue weighted by atomic mass is 10.2. The van der Waals surface area contributed by atoms with Crippen LogP contribution in [0.1, 0.15) is 10.4 Å². The van der Waals surface area contributed by atoms with Crippen molar-refractivity contribution in [3.05, 3.63) is 48.0 Å². The maximum Gasteiger partial charge on any atom is 0.261 e. The minimum atomic E-state index is -3.86. The molecule has 0 aliphatic carbocycles. The van der Waals surface area contributed by atoms with Crippen molar-refractivity contribution in [2.45, 2.75) is 4.90 Å². The monoisotopic (exact) mass is 378 g/mol. The molecule has 2 aromatic carbocycles. The Morgan fingerprint density at radius 2 is 1.96 bits per heavy atom. The van der Waals surface area contributed by atoms with E-state index in [2.05, 4.69) is 10.0 Å². The van der Waals surface area contributed by atoms with Crippen molar-refractivity contribution >= 4 is 21.6 Å². The molecular formula is C17H18N2O6S. The van der Waals surface area contributed by atoms with Crippen LogP contribution in [0.3, 0.4) is 0 Å². The summed E-state index contributed by atoms with van der Waals surface area (Å²) in [5, 5.41) is 2.65. The molecule has 1 aliphatic rings. The van der Waals surface area contributed by atoms with E-state index >= 15 is 0 Å². The van der Waals surface area contributed by atoms with Crippen molar-refractivity contribution in [1.82, 2.24) is 5.32 Å². The van der Waals surface area contributed by atoms with Gasteiger partial charge in [0.2, 0.25) is 6.79 Å². The highest BCUT2D eigenvalue weighted by molar-refractivity contribution is 7.92. The molecule has 1 heterocycles. The molecule has 0 radical (unpaired) electrons. The normalized spacial score (nSPS) is 12.7. The van der Waals surface area contributed by atoms with Crippen molar-refractivity contribution in [3.63, 3.8) is 0 Å². The molecule has 0 aromatic heterocycles. The van der Waals surface area contributed by atoms with Gasteiger partial charge in [-0.25, -0.2) is 8.42 Å². The molecule has 2 aromatic rings. The summed E-state index contributed by atoms with van der Waals surface area (Å²) in [5.41, 5.74) is 0.582. The average molecular weight is 378 g/mol. The van der Waals surface area contributed by atoms with Gasteiger partial charge in [0, 0.05) is 25.3 Å². The van der Waals surface area contributed by atoms with Crippen LogP contribution in [0.25, 0.3) is 0 Å². The zero-order chi connectivity index (χ0) is 18.6. The number of carbonyl (C=O) groups is 1. The maximum absolute atomic E-state index is 12.6. The fourth-order valence-corrected chi connectivity index (χ4v) is 3.44. The zero-order valence-corrected chi connectivity index (χ0v) is 14.8. The van der Waals surface area contributed by atoms with E-state index in [9.17, 15) is 13.2 Å². The topological polar surface area (TPSA) is 103 Å². The van der Waals surface area contributed by atoms with Gasteiger partial charge in [0.15, 0.2) is 11.5 Å². The number of benzene rings is 2. The molecule has 0 saturated carbocycles. The second-order valence-corrected chi connectivity index (χ2v) is 7.13. The molecule has 1 amide bonds. The van der Waals surface area contributed by atoms with E-state index in [1.807, 2.05) is 0 Å². The van der Waals surface area contributed by atoms with Gasteiger partial charge < -0.3 is 19.5 Å². The first-order chi connectivity index (χ1) is 12.5. The van der Waals surface area contributed by atoms with Crippen molar-refractivity contribution in [1.29, 1.82) is 0 Å². The molecule has 0 atom stereocenters. The third-order valence-electron chi connectivity index (χ3n) is 3.62. The molecule has 1 aliphatic heterocycles. The first-order valence-corrected chi connectivity index (χ1v) is 9.27. The zero-order valence-electron chi connectivity index (χ0n) is 14.0. The fourth-order valence-electron chi connectivity index (χ4n) is 2.35. The van der Waals surface area contributed by atoms with Gasteiger partial charge in [-0.15, -0.1) is 0 Å². The molecule has 0 spiro atoms. The minimum Gasteiger partial charge on any atom is -0.454 e. The number of sulfonamides is 1. The van der Waals surface area contributed by atoms with Crippen LogP contribution in [0, 0.1) is 0 Å². The first kappa shape index (κ1) is 18.0. The van der Waals surface area contributed by atoms with Gasteiger partial charge in [-0.1, -0.05) is 6.07 Å². The summed E-state index contributed by atoms with van der Waals surface area (Å²) < 4.78 is 43.0. The Morgan fingerprint density at radius 3 is 2.77 bits per heavy atom. The second-order valence-electron chi connectivity index (χ2n) is 5.45. The smallest absolute Gasteiger partial charge is 0.261 e. The van der Waals surface area contributed by atoms with Crippen LogP contribution >= 0.6 is 0 Å². The minimum absolute atomic E-state index is 0.0189. The van der Waals surface area contributed by atoms with E-state index < -0.39 is 10.0 Å². The van der Waals surface area contributed by atoms with Crippen LogP contribution < -0.4 is 19.5 Å². The largest absolute Gasteiger partial charge is 0.454 e. The fraction of sp³-hybridized carbons (Fsp3) is 0.235. The Labute approximate surface area is 151 Å². The van der Waals surface area contributed by atoms with Gasteiger partial charge in [0.25, 0.3) is 15.9 Å². The Bertz CT molecular complexity index is 913. The van der Waals surface area contributed by atoms with Gasteiger partial charge in [-0.3, -0.25) is 9.52 Å². The number of hydrogen-bond acceptors (Lipinski definition) is 6. The molecule has 0 unspecified atom stereocenters. The number of nitrogens with one attached hydrogen (secondary N) is 2. The summed E-state index contributed by atoms with van der Waals surface area (Å²) in [6.45, 7) is 0.808. The molecule has 26 heavy (non-hydrogen) atoms. The SMILES string of the molecule is COCCNC(=O)c1cccc(S(=O)(=O)Nc2ccc3c(c2)OCO3)c1. The lowest BCUT2D eigenvalue weighted by Gasteiger charge is -2.10. The Kier molecular flexibility index (Phi) is 5.29. The Morgan fingerprint density at radius 1 is 1.15 bits per heavy atom. The van der Waals surface area contributed by atoms with Gasteiger partial charge in [0.1, 0.15) is 0 Å². The van der Waals surface area contributed by atoms with Crippen LogP contribution in [0.2, 0.25) is 0 Å². The number of ether oxygens (including phenoxy) is 3. The second kappa shape index (κ2) is 7.63. The van der Waals surface area contributed by atoms with Crippen LogP contribution in [-0.2, 0) is 14.8 Å². The van der Waals surface area contributed by atoms with E-state index in [4.69, 9.17) is 14.2 Å². The van der Waals surface area contributed by atoms with Gasteiger partial charge >= 0.3 is 0 Å². The predicted octanol–water partition coefficient (Wildman–Crippen LogP) is 1.59. The maximum atomic E-state index is 12.6. The number of amides is 1. The highest BCUT2D eigenvalue weighted by Gasteiger charge is 2.19. The molecule has 3 rings (SSSR count). The van der Waals surface area contributed by atoms with Crippen molar-refractivity contribution < 1.29 is 27.4 Å². The summed E-state index contributed by atoms with van der Waals surface area (Å²) in [6, 6.07) is 10.5. The number of anilines is 1. The van der Waals surface area contributed by atoms with Gasteiger partial charge in [-0.2, -0.15) is 0 Å². The third-order valence-corrected chi connectivity index (χ3v) is 5.00. The predicted molar refractivity (Wildman–Crippen MR) is 94.0 cm³/mol. The Balaban J connectivity index is 1.77. The van der Waals surface area contributed by atoms with Crippen LogP contribution in [-0.4, -0.2) is 41.4 Å². The number of carbonyl (C=O) groups excluding carboxylic acids is 1. The molecule has 0 bridgehead atoms. The van der Waals surface area contributed by atoms with E-state index in [1.165, 1.54) is 25.3 Å². The summed E-state index contributed by atoms with van der Waals surface area (Å²) in [5.74, 6) is 0.654. The van der Waals surface area contributed by atoms with E-state index in [0.717, 1.165) is 0 Å². The Hall–Kier alpha value is -2.78. The van der Waals surface area contributed by atoms with Crippen LogP contribution in [0.15, 0.2) is 47.4 Å². The molecule has 2 N–H and O–H groups in total. The summed E-state index contributed by atoms with van der Waals surface area (Å²) in [7, 11) is -2.33. The quantitative estimate of drug-likeness (QED) is 0.710. The molecule has 138 valence electrons. The van der Waals surface area contributed by atoms with Crippen molar-refractivity contribution in [3.8, 4) is 11.5 Å². The van der Waals surface area contributed by atoms with E-state index in [0.29, 0.717) is 30.3 Å². The number of rotatable bonds is 7. The van der Waals surface area contributed by atoms with Gasteiger partial charge in [0.05, 0.1) is 17.2 Å². The van der Waals surface area contributed by atoms with Crippen molar-refractivity contribution in [2.24, 2.45) is 0 Å². The number of methoxy groups -OCH3 is 1. The summed E-state index contributed by atoms with van der Waals surface area (Å²) in [6.07, 6.45) is 0. The molecule has 8 nitrogen and oxygen atoms in total. The molecular weight excluding hydrogens is 360 g/mol. The highest BCUT2D eigenvalue weighted by atomic mass is 32.2.